The van der Waals surface area contributed by atoms with Crippen LogP contribution in [0.25, 0.3) is 0 Å². The van der Waals surface area contributed by atoms with Crippen LogP contribution in [0.2, 0.25) is 0 Å². The van der Waals surface area contributed by atoms with Crippen molar-refractivity contribution < 1.29 is 52.5 Å². The highest BCUT2D eigenvalue weighted by atomic mass is 16.7. The Bertz CT molecular complexity index is 1500. The molecule has 234 valence electrons. The first-order valence-corrected chi connectivity index (χ1v) is 14.6. The van der Waals surface area contributed by atoms with Crippen molar-refractivity contribution in [2.24, 2.45) is 11.8 Å². The topological polar surface area (TPSA) is 113 Å². The maximum absolute atomic E-state index is 11.9. The van der Waals surface area contributed by atoms with Crippen LogP contribution in [0.4, 0.5) is 0 Å². The number of aliphatic hydroxyl groups is 1. The Labute approximate surface area is 255 Å². The molecule has 11 heteroatoms. The normalized spacial score (nSPS) is 28.2. The van der Waals surface area contributed by atoms with Gasteiger partial charge in [-0.3, -0.25) is 0 Å². The SMILES string of the molecule is COCC1Cc2cc([C@@H]3OC[C@]4(O)[C@@H](Oc5c(OC)cccc5OC)OC[C@H]34)c(OC)cc2OC1c1ccc2c(c1)OCO2. The molecule has 44 heavy (non-hydrogen) atoms. The van der Waals surface area contributed by atoms with Crippen LogP contribution < -0.4 is 33.2 Å². The maximum atomic E-state index is 11.9. The number of hydrogen-bond acceptors (Lipinski definition) is 11. The minimum absolute atomic E-state index is 0.0136. The van der Waals surface area contributed by atoms with E-state index in [4.69, 9.17) is 47.4 Å². The van der Waals surface area contributed by atoms with E-state index >= 15 is 0 Å². The van der Waals surface area contributed by atoms with Crippen LogP contribution in [-0.2, 0) is 20.6 Å². The molecule has 4 heterocycles. The molecule has 0 aromatic heterocycles. The Morgan fingerprint density at radius 3 is 2.36 bits per heavy atom. The number of methoxy groups -OCH3 is 4. The number of rotatable bonds is 9. The standard InChI is InChI=1S/C33H36O11/c1-35-14-20-10-19-11-21(27(38-4)13-26(19)43-29(20)18-8-9-23-28(12-18)42-17-41-23)30-22-15-39-32(33(22,34)16-40-30)44-31-24(36-2)6-5-7-25(31)37-3/h5-9,11-13,20,22,29-30,32,34H,10,14-17H2,1-4H3/t20?,22-,29?,30+,32-,33-/m1/s1. The highest BCUT2D eigenvalue weighted by Crippen LogP contribution is 2.53. The minimum Gasteiger partial charge on any atom is -0.496 e. The number of fused-ring (bicyclic) bond motifs is 3. The summed E-state index contributed by atoms with van der Waals surface area (Å²) in [5.41, 5.74) is 1.38. The van der Waals surface area contributed by atoms with Crippen molar-refractivity contribution in [3.63, 3.8) is 0 Å². The van der Waals surface area contributed by atoms with Crippen LogP contribution in [0.5, 0.6) is 40.2 Å². The summed E-state index contributed by atoms with van der Waals surface area (Å²) >= 11 is 0. The lowest BCUT2D eigenvalue weighted by atomic mass is 9.83. The summed E-state index contributed by atoms with van der Waals surface area (Å²) in [6.45, 7) is 0.945. The van der Waals surface area contributed by atoms with Crippen LogP contribution in [0.3, 0.4) is 0 Å². The molecule has 11 nitrogen and oxygen atoms in total. The van der Waals surface area contributed by atoms with Crippen molar-refractivity contribution in [1.29, 1.82) is 0 Å². The van der Waals surface area contributed by atoms with Crippen molar-refractivity contribution in [3.8, 4) is 40.2 Å². The third kappa shape index (κ3) is 4.75. The highest BCUT2D eigenvalue weighted by Gasteiger charge is 2.61. The lowest BCUT2D eigenvalue weighted by molar-refractivity contribution is -0.153. The molecule has 0 radical (unpaired) electrons. The first kappa shape index (κ1) is 28.8. The molecule has 6 atom stereocenters. The van der Waals surface area contributed by atoms with Gasteiger partial charge in [-0.15, -0.1) is 0 Å². The molecule has 0 aliphatic carbocycles. The molecule has 0 bridgehead atoms. The number of para-hydroxylation sites is 1. The molecule has 2 fully saturated rings. The average molecular weight is 609 g/mol. The van der Waals surface area contributed by atoms with E-state index in [1.807, 2.05) is 24.3 Å². The van der Waals surface area contributed by atoms with Gasteiger partial charge < -0.3 is 52.5 Å². The monoisotopic (exact) mass is 608 g/mol. The van der Waals surface area contributed by atoms with Crippen molar-refractivity contribution in [2.45, 2.75) is 30.5 Å². The van der Waals surface area contributed by atoms with Crippen molar-refractivity contribution in [2.75, 3.05) is 55.1 Å². The van der Waals surface area contributed by atoms with Crippen LogP contribution in [0.15, 0.2) is 48.5 Å². The molecule has 2 unspecified atom stereocenters. The lowest BCUT2D eigenvalue weighted by Crippen LogP contribution is -2.47. The fourth-order valence-corrected chi connectivity index (χ4v) is 6.71. The lowest BCUT2D eigenvalue weighted by Gasteiger charge is -2.35. The molecule has 3 aromatic rings. The Morgan fingerprint density at radius 2 is 1.61 bits per heavy atom. The van der Waals surface area contributed by atoms with Gasteiger partial charge in [-0.2, -0.15) is 0 Å². The summed E-state index contributed by atoms with van der Waals surface area (Å²) in [7, 11) is 6.40. The summed E-state index contributed by atoms with van der Waals surface area (Å²) in [6.07, 6.45) is -1.05. The fourth-order valence-electron chi connectivity index (χ4n) is 6.71. The zero-order chi connectivity index (χ0) is 30.4. The first-order valence-electron chi connectivity index (χ1n) is 14.6. The number of benzene rings is 3. The largest absolute Gasteiger partial charge is 0.496 e. The van der Waals surface area contributed by atoms with Crippen LogP contribution in [-0.4, -0.2) is 72.1 Å². The second-order valence-corrected chi connectivity index (χ2v) is 11.4. The van der Waals surface area contributed by atoms with E-state index < -0.39 is 23.9 Å². The fraction of sp³-hybridized carbons (Fsp3) is 0.455. The maximum Gasteiger partial charge on any atom is 0.232 e. The van der Waals surface area contributed by atoms with Gasteiger partial charge in [0.2, 0.25) is 18.8 Å². The Balaban J connectivity index is 1.17. The van der Waals surface area contributed by atoms with Gasteiger partial charge >= 0.3 is 0 Å². The molecule has 7 rings (SSSR count). The zero-order valence-electron chi connectivity index (χ0n) is 25.1. The van der Waals surface area contributed by atoms with Crippen LogP contribution >= 0.6 is 0 Å². The van der Waals surface area contributed by atoms with E-state index in [1.54, 1.807) is 46.6 Å². The summed E-state index contributed by atoms with van der Waals surface area (Å²) < 4.78 is 58.7. The predicted molar refractivity (Wildman–Crippen MR) is 155 cm³/mol. The van der Waals surface area contributed by atoms with E-state index in [0.717, 1.165) is 28.2 Å². The molecule has 0 amide bonds. The van der Waals surface area contributed by atoms with Gasteiger partial charge in [0.15, 0.2) is 28.6 Å². The number of ether oxygens (including phenoxy) is 10. The van der Waals surface area contributed by atoms with Gasteiger partial charge in [0.05, 0.1) is 53.2 Å². The highest BCUT2D eigenvalue weighted by molar-refractivity contribution is 5.53. The van der Waals surface area contributed by atoms with Gasteiger partial charge in [0, 0.05) is 24.7 Å². The van der Waals surface area contributed by atoms with Crippen molar-refractivity contribution in [3.05, 3.63) is 65.2 Å². The molecular formula is C33H36O11. The van der Waals surface area contributed by atoms with E-state index in [0.29, 0.717) is 41.8 Å². The molecule has 0 saturated carbocycles. The van der Waals surface area contributed by atoms with Crippen molar-refractivity contribution >= 4 is 0 Å². The molecule has 2 saturated heterocycles. The van der Waals surface area contributed by atoms with Gasteiger partial charge in [-0.25, -0.2) is 0 Å². The minimum atomic E-state index is -1.42. The second-order valence-electron chi connectivity index (χ2n) is 11.4. The first-order chi connectivity index (χ1) is 21.5. The Morgan fingerprint density at radius 1 is 0.841 bits per heavy atom. The summed E-state index contributed by atoms with van der Waals surface area (Å²) in [5, 5.41) is 11.9. The summed E-state index contributed by atoms with van der Waals surface area (Å²) in [5.74, 6) is 3.67. The number of hydrogen-bond donors (Lipinski definition) is 1. The Kier molecular flexibility index (Phi) is 7.57. The van der Waals surface area contributed by atoms with E-state index in [1.165, 1.54) is 0 Å². The van der Waals surface area contributed by atoms with E-state index in [2.05, 4.69) is 6.07 Å². The molecule has 3 aromatic carbocycles. The molecule has 4 aliphatic rings. The molecule has 1 N–H and O–H groups in total. The Hall–Kier alpha value is -3.90. The van der Waals surface area contributed by atoms with Gasteiger partial charge in [0.25, 0.3) is 0 Å². The van der Waals surface area contributed by atoms with Crippen molar-refractivity contribution in [1.82, 2.24) is 0 Å². The predicted octanol–water partition coefficient (Wildman–Crippen LogP) is 4.23. The molecular weight excluding hydrogens is 572 g/mol. The van der Waals surface area contributed by atoms with E-state index in [9.17, 15) is 5.11 Å². The molecule has 0 spiro atoms. The van der Waals surface area contributed by atoms with E-state index in [-0.39, 0.29) is 32.0 Å². The smallest absolute Gasteiger partial charge is 0.232 e. The quantitative estimate of drug-likeness (QED) is 0.377. The molecule has 4 aliphatic heterocycles. The second kappa shape index (κ2) is 11.6. The third-order valence-corrected chi connectivity index (χ3v) is 8.93. The average Bonchev–Trinajstić information content (AvgIpc) is 3.74. The summed E-state index contributed by atoms with van der Waals surface area (Å²) in [4.78, 5) is 0. The van der Waals surface area contributed by atoms with Crippen LogP contribution in [0.1, 0.15) is 28.9 Å². The summed E-state index contributed by atoms with van der Waals surface area (Å²) in [6, 6.07) is 15.2. The van der Waals surface area contributed by atoms with Gasteiger partial charge in [0.1, 0.15) is 17.6 Å². The third-order valence-electron chi connectivity index (χ3n) is 8.93. The van der Waals surface area contributed by atoms with Crippen LogP contribution in [0, 0.1) is 11.8 Å². The zero-order valence-corrected chi connectivity index (χ0v) is 25.1. The van der Waals surface area contributed by atoms with Gasteiger partial charge in [-0.1, -0.05) is 12.1 Å². The van der Waals surface area contributed by atoms with Gasteiger partial charge in [-0.05, 0) is 47.9 Å².